The van der Waals surface area contributed by atoms with E-state index in [0.717, 1.165) is 16.7 Å². The predicted octanol–water partition coefficient (Wildman–Crippen LogP) is 3.54. The second-order valence-electron chi connectivity index (χ2n) is 4.33. The minimum atomic E-state index is 0.514. The first-order valence-corrected chi connectivity index (χ1v) is 6.65. The van der Waals surface area contributed by atoms with Gasteiger partial charge in [0.05, 0.1) is 16.9 Å². The highest BCUT2D eigenvalue weighted by atomic mass is 79.9. The largest absolute Gasteiger partial charge is 0.396 e. The van der Waals surface area contributed by atoms with Crippen LogP contribution in [0.2, 0.25) is 0 Å². The van der Waals surface area contributed by atoms with Gasteiger partial charge in [-0.3, -0.25) is 0 Å². The fourth-order valence-corrected chi connectivity index (χ4v) is 2.20. The fourth-order valence-electron chi connectivity index (χ4n) is 1.93. The SMILES string of the molecule is CN(Cc1ccc(Br)cc1)c1cccc(C#N)c1N. The van der Waals surface area contributed by atoms with Crippen LogP contribution >= 0.6 is 15.9 Å². The zero-order chi connectivity index (χ0) is 13.8. The second kappa shape index (κ2) is 5.77. The molecule has 0 aromatic heterocycles. The molecular weight excluding hydrogens is 302 g/mol. The number of nitrogens with zero attached hydrogens (tertiary/aromatic N) is 2. The van der Waals surface area contributed by atoms with Crippen LogP contribution in [-0.2, 0) is 6.54 Å². The minimum absolute atomic E-state index is 0.514. The molecule has 2 aromatic rings. The Morgan fingerprint density at radius 1 is 1.21 bits per heavy atom. The van der Waals surface area contributed by atoms with E-state index in [0.29, 0.717) is 11.3 Å². The van der Waals surface area contributed by atoms with E-state index in [2.05, 4.69) is 34.1 Å². The Morgan fingerprint density at radius 2 is 1.89 bits per heavy atom. The standard InChI is InChI=1S/C15H14BrN3/c1-19(10-11-5-7-13(16)8-6-11)14-4-2-3-12(9-17)15(14)18/h2-8H,10,18H2,1H3. The average Bonchev–Trinajstić information content (AvgIpc) is 2.41. The van der Waals surface area contributed by atoms with Crippen LogP contribution in [0, 0.1) is 11.3 Å². The number of benzene rings is 2. The van der Waals surface area contributed by atoms with Crippen molar-refractivity contribution in [2.24, 2.45) is 0 Å². The van der Waals surface area contributed by atoms with Gasteiger partial charge in [0.2, 0.25) is 0 Å². The molecule has 0 fully saturated rings. The van der Waals surface area contributed by atoms with Crippen LogP contribution in [0.3, 0.4) is 0 Å². The second-order valence-corrected chi connectivity index (χ2v) is 5.25. The first kappa shape index (κ1) is 13.4. The Kier molecular flexibility index (Phi) is 4.08. The van der Waals surface area contributed by atoms with Crippen LogP contribution in [0.5, 0.6) is 0 Å². The van der Waals surface area contributed by atoms with Gasteiger partial charge < -0.3 is 10.6 Å². The third kappa shape index (κ3) is 3.07. The molecule has 2 N–H and O–H groups in total. The van der Waals surface area contributed by atoms with Crippen molar-refractivity contribution in [3.05, 3.63) is 58.1 Å². The Bertz CT molecular complexity index is 614. The monoisotopic (exact) mass is 315 g/mol. The summed E-state index contributed by atoms with van der Waals surface area (Å²) in [5.41, 5.74) is 9.11. The Hall–Kier alpha value is -1.99. The van der Waals surface area contributed by atoms with Gasteiger partial charge in [-0.25, -0.2) is 0 Å². The molecule has 2 aromatic carbocycles. The first-order valence-electron chi connectivity index (χ1n) is 5.86. The highest BCUT2D eigenvalue weighted by Gasteiger charge is 2.09. The van der Waals surface area contributed by atoms with Gasteiger partial charge in [-0.15, -0.1) is 0 Å². The number of nitriles is 1. The highest BCUT2D eigenvalue weighted by Crippen LogP contribution is 2.26. The van der Waals surface area contributed by atoms with Gasteiger partial charge in [0, 0.05) is 18.1 Å². The molecule has 0 aliphatic rings. The van der Waals surface area contributed by atoms with Crippen molar-refractivity contribution >= 4 is 27.3 Å². The van der Waals surface area contributed by atoms with E-state index in [4.69, 9.17) is 11.0 Å². The van der Waals surface area contributed by atoms with E-state index < -0.39 is 0 Å². The molecule has 0 heterocycles. The molecule has 96 valence electrons. The Balaban J connectivity index is 2.23. The van der Waals surface area contributed by atoms with Gasteiger partial charge in [-0.1, -0.05) is 34.1 Å². The molecule has 4 heteroatoms. The molecule has 0 amide bonds. The van der Waals surface area contributed by atoms with E-state index in [1.54, 1.807) is 6.07 Å². The summed E-state index contributed by atoms with van der Waals surface area (Å²) in [4.78, 5) is 2.04. The van der Waals surface area contributed by atoms with Crippen LogP contribution in [0.25, 0.3) is 0 Å². The van der Waals surface area contributed by atoms with Gasteiger partial charge in [-0.05, 0) is 29.8 Å². The molecule has 0 spiro atoms. The number of rotatable bonds is 3. The van der Waals surface area contributed by atoms with E-state index >= 15 is 0 Å². The molecule has 0 saturated carbocycles. The number of hydrogen-bond donors (Lipinski definition) is 1. The fraction of sp³-hybridized carbons (Fsp3) is 0.133. The summed E-state index contributed by atoms with van der Waals surface area (Å²) < 4.78 is 1.06. The van der Waals surface area contributed by atoms with E-state index in [9.17, 15) is 0 Å². The van der Waals surface area contributed by atoms with Crippen LogP contribution in [0.4, 0.5) is 11.4 Å². The molecule has 19 heavy (non-hydrogen) atoms. The van der Waals surface area contributed by atoms with Crippen LogP contribution in [0.1, 0.15) is 11.1 Å². The number of hydrogen-bond acceptors (Lipinski definition) is 3. The molecule has 0 aliphatic carbocycles. The minimum Gasteiger partial charge on any atom is -0.396 e. The van der Waals surface area contributed by atoms with E-state index in [-0.39, 0.29) is 0 Å². The summed E-state index contributed by atoms with van der Waals surface area (Å²) in [6.07, 6.45) is 0. The van der Waals surface area contributed by atoms with Crippen molar-refractivity contribution in [1.82, 2.24) is 0 Å². The number of anilines is 2. The summed E-state index contributed by atoms with van der Waals surface area (Å²) in [6, 6.07) is 15.8. The summed E-state index contributed by atoms with van der Waals surface area (Å²) in [5.74, 6) is 0. The summed E-state index contributed by atoms with van der Waals surface area (Å²) in [5, 5.41) is 8.99. The zero-order valence-electron chi connectivity index (χ0n) is 10.6. The van der Waals surface area contributed by atoms with Crippen molar-refractivity contribution in [1.29, 1.82) is 5.26 Å². The molecule has 3 nitrogen and oxygen atoms in total. The molecular formula is C15H14BrN3. The van der Waals surface area contributed by atoms with Gasteiger partial charge in [0.25, 0.3) is 0 Å². The molecule has 0 unspecified atom stereocenters. The van der Waals surface area contributed by atoms with Crippen molar-refractivity contribution in [2.45, 2.75) is 6.54 Å². The highest BCUT2D eigenvalue weighted by molar-refractivity contribution is 9.10. The van der Waals surface area contributed by atoms with Crippen LogP contribution in [-0.4, -0.2) is 7.05 Å². The van der Waals surface area contributed by atoms with Gasteiger partial charge in [0.1, 0.15) is 6.07 Å². The number of halogens is 1. The van der Waals surface area contributed by atoms with E-state index in [1.807, 2.05) is 36.2 Å². The van der Waals surface area contributed by atoms with Crippen molar-refractivity contribution in [2.75, 3.05) is 17.7 Å². The molecule has 0 radical (unpaired) electrons. The van der Waals surface area contributed by atoms with Gasteiger partial charge in [0.15, 0.2) is 0 Å². The third-order valence-corrected chi connectivity index (χ3v) is 3.48. The van der Waals surface area contributed by atoms with Gasteiger partial charge >= 0.3 is 0 Å². The Morgan fingerprint density at radius 3 is 2.53 bits per heavy atom. The maximum Gasteiger partial charge on any atom is 0.101 e. The first-order chi connectivity index (χ1) is 9.11. The van der Waals surface area contributed by atoms with Crippen LogP contribution < -0.4 is 10.6 Å². The summed E-state index contributed by atoms with van der Waals surface area (Å²) in [6.45, 7) is 0.742. The molecule has 2 rings (SSSR count). The number of nitrogen functional groups attached to an aromatic ring is 1. The lowest BCUT2D eigenvalue weighted by Gasteiger charge is -2.21. The normalized spacial score (nSPS) is 9.95. The lowest BCUT2D eigenvalue weighted by atomic mass is 10.1. The predicted molar refractivity (Wildman–Crippen MR) is 81.8 cm³/mol. The lowest BCUT2D eigenvalue weighted by molar-refractivity contribution is 0.924. The van der Waals surface area contributed by atoms with Gasteiger partial charge in [-0.2, -0.15) is 5.26 Å². The maximum absolute atomic E-state index is 8.99. The third-order valence-electron chi connectivity index (χ3n) is 2.95. The summed E-state index contributed by atoms with van der Waals surface area (Å²) >= 11 is 3.42. The van der Waals surface area contributed by atoms with Crippen molar-refractivity contribution < 1.29 is 0 Å². The lowest BCUT2D eigenvalue weighted by Crippen LogP contribution is -2.18. The average molecular weight is 316 g/mol. The molecule has 0 atom stereocenters. The zero-order valence-corrected chi connectivity index (χ0v) is 12.2. The van der Waals surface area contributed by atoms with E-state index in [1.165, 1.54) is 5.56 Å². The molecule has 0 bridgehead atoms. The quantitative estimate of drug-likeness (QED) is 0.881. The topological polar surface area (TPSA) is 53.0 Å². The Labute approximate surface area is 121 Å². The number of nitrogens with two attached hydrogens (primary N) is 1. The number of para-hydroxylation sites is 1. The van der Waals surface area contributed by atoms with Crippen molar-refractivity contribution in [3.63, 3.8) is 0 Å². The molecule has 0 saturated heterocycles. The maximum atomic E-state index is 8.99. The van der Waals surface area contributed by atoms with Crippen LogP contribution in [0.15, 0.2) is 46.9 Å². The smallest absolute Gasteiger partial charge is 0.101 e. The molecule has 0 aliphatic heterocycles. The summed E-state index contributed by atoms with van der Waals surface area (Å²) in [7, 11) is 1.97. The van der Waals surface area contributed by atoms with Crippen molar-refractivity contribution in [3.8, 4) is 6.07 Å².